The molecule has 2 N–H and O–H groups in total. The van der Waals surface area contributed by atoms with Gasteiger partial charge in [-0.25, -0.2) is 4.98 Å². The van der Waals surface area contributed by atoms with Crippen LogP contribution in [0.4, 0.5) is 17.2 Å². The molecule has 138 valence electrons. The van der Waals surface area contributed by atoms with E-state index < -0.39 is 0 Å². The van der Waals surface area contributed by atoms with Gasteiger partial charge in [-0.05, 0) is 41.5 Å². The third-order valence-electron chi connectivity index (χ3n) is 4.74. The van der Waals surface area contributed by atoms with E-state index in [1.54, 1.807) is 7.11 Å². The average molecular weight is 360 g/mol. The zero-order valence-corrected chi connectivity index (χ0v) is 15.5. The van der Waals surface area contributed by atoms with Crippen LogP contribution in [0.15, 0.2) is 66.9 Å². The molecule has 0 spiro atoms. The molecule has 0 bridgehead atoms. The van der Waals surface area contributed by atoms with E-state index in [4.69, 9.17) is 4.74 Å². The van der Waals surface area contributed by atoms with Crippen LogP contribution in [0.1, 0.15) is 11.1 Å². The fourth-order valence-corrected chi connectivity index (χ4v) is 3.32. The van der Waals surface area contributed by atoms with Crippen LogP contribution in [0.3, 0.4) is 0 Å². The Morgan fingerprint density at radius 1 is 1.11 bits per heavy atom. The Kier molecular flexibility index (Phi) is 5.21. The average Bonchev–Trinajstić information content (AvgIpc) is 2.90. The summed E-state index contributed by atoms with van der Waals surface area (Å²) >= 11 is 0. The fraction of sp³-hybridized carbons (Fsp3) is 0.227. The van der Waals surface area contributed by atoms with Gasteiger partial charge >= 0.3 is 0 Å². The summed E-state index contributed by atoms with van der Waals surface area (Å²) in [5.74, 6) is 1.69. The number of aromatic nitrogens is 1. The number of nitrogens with one attached hydrogen (secondary N) is 2. The molecule has 0 fully saturated rings. The highest BCUT2D eigenvalue weighted by Crippen LogP contribution is 2.25. The largest absolute Gasteiger partial charge is 0.497 e. The summed E-state index contributed by atoms with van der Waals surface area (Å²) in [6.07, 6.45) is 1.92. The summed E-state index contributed by atoms with van der Waals surface area (Å²) in [7, 11) is 1.67. The first-order chi connectivity index (χ1) is 13.3. The molecule has 1 aromatic heterocycles. The lowest BCUT2D eigenvalue weighted by Gasteiger charge is -2.20. The summed E-state index contributed by atoms with van der Waals surface area (Å²) in [5, 5.41) is 6.88. The molecule has 2 aromatic carbocycles. The van der Waals surface area contributed by atoms with Gasteiger partial charge in [0.25, 0.3) is 0 Å². The Bertz CT molecular complexity index is 881. The number of anilines is 3. The van der Waals surface area contributed by atoms with E-state index in [0.29, 0.717) is 0 Å². The Labute approximate surface area is 160 Å². The Balaban J connectivity index is 1.49. The number of pyridine rings is 1. The van der Waals surface area contributed by atoms with Gasteiger partial charge in [0.15, 0.2) is 0 Å². The van der Waals surface area contributed by atoms with Crippen LogP contribution in [0.2, 0.25) is 0 Å². The highest BCUT2D eigenvalue weighted by Gasteiger charge is 2.15. The molecule has 1 aliphatic heterocycles. The van der Waals surface area contributed by atoms with E-state index in [-0.39, 0.29) is 0 Å². The van der Waals surface area contributed by atoms with Crippen molar-refractivity contribution in [2.24, 2.45) is 0 Å². The second kappa shape index (κ2) is 8.10. The van der Waals surface area contributed by atoms with E-state index in [1.807, 2.05) is 30.5 Å². The first-order valence-electron chi connectivity index (χ1n) is 9.20. The number of benzene rings is 2. The topological polar surface area (TPSA) is 49.4 Å². The van der Waals surface area contributed by atoms with Gasteiger partial charge < -0.3 is 15.4 Å². The van der Waals surface area contributed by atoms with Crippen LogP contribution in [-0.2, 0) is 13.1 Å². The smallest absolute Gasteiger partial charge is 0.130 e. The molecule has 4 rings (SSSR count). The highest BCUT2D eigenvalue weighted by molar-refractivity contribution is 5.62. The molecule has 27 heavy (non-hydrogen) atoms. The molecule has 1 aliphatic rings. The number of fused-ring (bicyclic) bond motifs is 1. The number of hydrogen-bond acceptors (Lipinski definition) is 5. The van der Waals surface area contributed by atoms with Crippen LogP contribution in [0, 0.1) is 0 Å². The summed E-state index contributed by atoms with van der Waals surface area (Å²) in [6.45, 7) is 3.78. The van der Waals surface area contributed by atoms with E-state index >= 15 is 0 Å². The molecule has 0 radical (unpaired) electrons. The standard InChI is InChI=1S/C22H24N4O/c1-27-20-9-7-19(8-10-20)25-22-13-18-16-26(12-11-23-21(18)14-24-22)15-17-5-3-2-4-6-17/h2-10,13-14,23H,11-12,15-16H2,1H3,(H,24,25). The molecular formula is C22H24N4O. The van der Waals surface area contributed by atoms with Crippen molar-refractivity contribution in [2.45, 2.75) is 13.1 Å². The van der Waals surface area contributed by atoms with Crippen molar-refractivity contribution >= 4 is 17.2 Å². The van der Waals surface area contributed by atoms with Gasteiger partial charge in [-0.15, -0.1) is 0 Å². The van der Waals surface area contributed by atoms with Gasteiger partial charge in [-0.1, -0.05) is 30.3 Å². The first-order valence-corrected chi connectivity index (χ1v) is 9.20. The van der Waals surface area contributed by atoms with Crippen LogP contribution >= 0.6 is 0 Å². The van der Waals surface area contributed by atoms with Gasteiger partial charge in [0.2, 0.25) is 0 Å². The second-order valence-electron chi connectivity index (χ2n) is 6.70. The van der Waals surface area contributed by atoms with E-state index in [0.717, 1.165) is 49.1 Å². The predicted octanol–water partition coefficient (Wildman–Crippen LogP) is 4.26. The van der Waals surface area contributed by atoms with E-state index in [9.17, 15) is 0 Å². The molecule has 0 aliphatic carbocycles. The zero-order chi connectivity index (χ0) is 18.5. The second-order valence-corrected chi connectivity index (χ2v) is 6.70. The summed E-state index contributed by atoms with van der Waals surface area (Å²) in [5.41, 5.74) is 4.71. The summed E-state index contributed by atoms with van der Waals surface area (Å²) < 4.78 is 5.21. The molecule has 0 saturated carbocycles. The lowest BCUT2D eigenvalue weighted by atomic mass is 10.1. The number of hydrogen-bond donors (Lipinski definition) is 2. The van der Waals surface area contributed by atoms with Gasteiger partial charge in [-0.2, -0.15) is 0 Å². The Hall–Kier alpha value is -3.05. The summed E-state index contributed by atoms with van der Waals surface area (Å²) in [4.78, 5) is 7.02. The van der Waals surface area contributed by atoms with Gasteiger partial charge in [0.1, 0.15) is 11.6 Å². The Morgan fingerprint density at radius 3 is 2.70 bits per heavy atom. The van der Waals surface area contributed by atoms with Crippen molar-refractivity contribution in [2.75, 3.05) is 30.8 Å². The molecule has 3 aromatic rings. The molecule has 5 nitrogen and oxygen atoms in total. The lowest BCUT2D eigenvalue weighted by molar-refractivity contribution is 0.272. The van der Waals surface area contributed by atoms with Gasteiger partial charge in [0, 0.05) is 31.9 Å². The Morgan fingerprint density at radius 2 is 1.93 bits per heavy atom. The zero-order valence-electron chi connectivity index (χ0n) is 15.5. The van der Waals surface area contributed by atoms with Crippen LogP contribution in [0.25, 0.3) is 0 Å². The van der Waals surface area contributed by atoms with Crippen LogP contribution in [-0.4, -0.2) is 30.1 Å². The lowest BCUT2D eigenvalue weighted by Crippen LogP contribution is -2.25. The number of nitrogens with zero attached hydrogens (tertiary/aromatic N) is 2. The SMILES string of the molecule is COc1ccc(Nc2cc3c(cn2)NCCN(Cc2ccccc2)C3)cc1. The van der Waals surface area contributed by atoms with Crippen LogP contribution < -0.4 is 15.4 Å². The van der Waals surface area contributed by atoms with E-state index in [1.165, 1.54) is 11.1 Å². The maximum atomic E-state index is 5.21. The number of ether oxygens (including phenoxy) is 1. The van der Waals surface area contributed by atoms with Crippen molar-refractivity contribution in [1.29, 1.82) is 0 Å². The molecule has 0 amide bonds. The van der Waals surface area contributed by atoms with Crippen molar-refractivity contribution in [3.63, 3.8) is 0 Å². The minimum Gasteiger partial charge on any atom is -0.497 e. The molecule has 0 atom stereocenters. The molecular weight excluding hydrogens is 336 g/mol. The van der Waals surface area contributed by atoms with Crippen molar-refractivity contribution in [3.05, 3.63) is 78.0 Å². The first kappa shape index (κ1) is 17.4. The number of rotatable bonds is 5. The third kappa shape index (κ3) is 4.38. The summed E-state index contributed by atoms with van der Waals surface area (Å²) in [6, 6.07) is 20.6. The maximum absolute atomic E-state index is 5.21. The van der Waals surface area contributed by atoms with Crippen molar-refractivity contribution in [3.8, 4) is 5.75 Å². The molecule has 0 unspecified atom stereocenters. The minimum absolute atomic E-state index is 0.844. The molecule has 5 heteroatoms. The minimum atomic E-state index is 0.844. The highest BCUT2D eigenvalue weighted by atomic mass is 16.5. The normalized spacial score (nSPS) is 14.0. The van der Waals surface area contributed by atoms with Crippen molar-refractivity contribution in [1.82, 2.24) is 9.88 Å². The van der Waals surface area contributed by atoms with Gasteiger partial charge in [-0.3, -0.25) is 4.90 Å². The number of methoxy groups -OCH3 is 1. The maximum Gasteiger partial charge on any atom is 0.130 e. The van der Waals surface area contributed by atoms with Gasteiger partial charge in [0.05, 0.1) is 19.0 Å². The third-order valence-corrected chi connectivity index (χ3v) is 4.74. The monoisotopic (exact) mass is 360 g/mol. The quantitative estimate of drug-likeness (QED) is 0.712. The van der Waals surface area contributed by atoms with E-state index in [2.05, 4.69) is 56.9 Å². The van der Waals surface area contributed by atoms with Crippen LogP contribution in [0.5, 0.6) is 5.75 Å². The molecule has 2 heterocycles. The fourth-order valence-electron chi connectivity index (χ4n) is 3.32. The predicted molar refractivity (Wildman–Crippen MR) is 110 cm³/mol. The molecule has 0 saturated heterocycles. The van der Waals surface area contributed by atoms with Crippen molar-refractivity contribution < 1.29 is 4.74 Å².